The zero-order valence-corrected chi connectivity index (χ0v) is 20.9. The number of rotatable bonds is 9. The first kappa shape index (κ1) is 25.0. The number of hydrogen-bond donors (Lipinski definition) is 0. The molecule has 2 atom stereocenters. The fraction of sp³-hybridized carbons (Fsp3) is 0.500. The summed E-state index contributed by atoms with van der Waals surface area (Å²) in [5, 5.41) is 0. The monoisotopic (exact) mass is 453 g/mol. The van der Waals surface area contributed by atoms with E-state index in [1.165, 1.54) is 29.7 Å². The maximum Gasteiger partial charge on any atom is 0.161 e. The predicted octanol–water partition coefficient (Wildman–Crippen LogP) is 6.43. The molecule has 0 amide bonds. The molecule has 0 N–H and O–H groups in total. The van der Waals surface area contributed by atoms with Crippen LogP contribution in [0, 0.1) is 0 Å². The Morgan fingerprint density at radius 3 is 2.61 bits per heavy atom. The molecule has 2 heterocycles. The Hall–Kier alpha value is -2.66. The highest BCUT2D eigenvalue weighted by Gasteiger charge is 2.42. The summed E-state index contributed by atoms with van der Waals surface area (Å²) in [6, 6.07) is 4.74. The van der Waals surface area contributed by atoms with Crippen molar-refractivity contribution in [3.05, 3.63) is 65.6 Å². The van der Waals surface area contributed by atoms with Gasteiger partial charge in [0, 0.05) is 55.1 Å². The molecule has 33 heavy (non-hydrogen) atoms. The molecular weight excluding hydrogens is 414 g/mol. The molecule has 0 saturated heterocycles. The highest BCUT2D eigenvalue weighted by molar-refractivity contribution is 5.79. The van der Waals surface area contributed by atoms with Crippen LogP contribution in [0.3, 0.4) is 0 Å². The molecule has 1 aromatic carbocycles. The summed E-state index contributed by atoms with van der Waals surface area (Å²) < 4.78 is 22.6. The number of benzene rings is 1. The molecule has 2 unspecified atom stereocenters. The minimum absolute atomic E-state index is 0.422. The van der Waals surface area contributed by atoms with Crippen LogP contribution >= 0.6 is 0 Å². The summed E-state index contributed by atoms with van der Waals surface area (Å²) in [5.41, 5.74) is 5.61. The lowest BCUT2D eigenvalue weighted by Gasteiger charge is -2.43. The normalized spacial score (nSPS) is 20.4. The summed E-state index contributed by atoms with van der Waals surface area (Å²) in [5.74, 6) is 2.71. The summed E-state index contributed by atoms with van der Waals surface area (Å²) in [7, 11) is 3.40. The van der Waals surface area contributed by atoms with Gasteiger partial charge < -0.3 is 23.8 Å². The van der Waals surface area contributed by atoms with Crippen LogP contribution in [0.1, 0.15) is 63.5 Å². The van der Waals surface area contributed by atoms with Gasteiger partial charge in [-0.1, -0.05) is 33.4 Å². The molecule has 3 aliphatic rings. The highest BCUT2D eigenvalue weighted by Crippen LogP contribution is 2.52. The van der Waals surface area contributed by atoms with Crippen LogP contribution < -0.4 is 9.47 Å². The van der Waals surface area contributed by atoms with E-state index in [0.717, 1.165) is 35.5 Å². The largest absolute Gasteiger partial charge is 0.494 e. The first-order valence-electron chi connectivity index (χ1n) is 12.2. The van der Waals surface area contributed by atoms with E-state index in [2.05, 4.69) is 42.5 Å². The Labute approximate surface area is 199 Å². The quantitative estimate of drug-likeness (QED) is 0.318. The van der Waals surface area contributed by atoms with E-state index in [0.29, 0.717) is 37.5 Å². The first-order chi connectivity index (χ1) is 16.1. The van der Waals surface area contributed by atoms with Crippen LogP contribution in [-0.2, 0) is 9.47 Å². The number of nitrogens with zero attached hydrogens (tertiary/aromatic N) is 1. The molecule has 0 aromatic heterocycles. The smallest absolute Gasteiger partial charge is 0.161 e. The second-order valence-corrected chi connectivity index (χ2v) is 8.25. The number of allylic oxidation sites excluding steroid dienone is 2. The Morgan fingerprint density at radius 2 is 1.91 bits per heavy atom. The molecule has 1 saturated carbocycles. The second-order valence-electron chi connectivity index (χ2n) is 8.25. The van der Waals surface area contributed by atoms with E-state index < -0.39 is 0 Å². The van der Waals surface area contributed by atoms with Crippen molar-refractivity contribution >= 4 is 5.70 Å². The van der Waals surface area contributed by atoms with Gasteiger partial charge in [-0.15, -0.1) is 0 Å². The minimum Gasteiger partial charge on any atom is -0.494 e. The molecule has 2 aliphatic heterocycles. The number of methoxy groups -OCH3 is 2. The van der Waals surface area contributed by atoms with Gasteiger partial charge in [0.1, 0.15) is 5.76 Å². The maximum absolute atomic E-state index is 6.08. The van der Waals surface area contributed by atoms with Crippen LogP contribution in [0.4, 0.5) is 0 Å². The van der Waals surface area contributed by atoms with E-state index >= 15 is 0 Å². The number of ether oxygens (including phenoxy) is 4. The van der Waals surface area contributed by atoms with Gasteiger partial charge in [-0.2, -0.15) is 0 Å². The van der Waals surface area contributed by atoms with Gasteiger partial charge in [0.15, 0.2) is 11.5 Å². The van der Waals surface area contributed by atoms with Crippen molar-refractivity contribution in [1.29, 1.82) is 0 Å². The third-order valence-corrected chi connectivity index (χ3v) is 6.42. The van der Waals surface area contributed by atoms with Crippen LogP contribution in [0.15, 0.2) is 54.5 Å². The van der Waals surface area contributed by atoms with Gasteiger partial charge in [-0.25, -0.2) is 0 Å². The summed E-state index contributed by atoms with van der Waals surface area (Å²) in [4.78, 5) is 2.41. The first-order valence-corrected chi connectivity index (χ1v) is 12.2. The third kappa shape index (κ3) is 4.98. The molecule has 1 fully saturated rings. The predicted molar refractivity (Wildman–Crippen MR) is 135 cm³/mol. The lowest BCUT2D eigenvalue weighted by atomic mass is 9.81. The minimum atomic E-state index is 0.422. The van der Waals surface area contributed by atoms with Gasteiger partial charge in [0.05, 0.1) is 20.3 Å². The standard InChI is InChI=1S/C26H33NO4.C2H6/c1-6-30-18(3)22-16-27-23-10-7-9-19(23)20-14-26(31-12-8-11-28-4)25(29-5)15-21(20)24(27)13-17(22)2;1-2/h13-16,19,23H,2-3,6-12H2,1,4-5H3;1-2H3. The average molecular weight is 454 g/mol. The van der Waals surface area contributed by atoms with Crippen molar-refractivity contribution in [1.82, 2.24) is 4.90 Å². The zero-order valence-electron chi connectivity index (χ0n) is 20.9. The summed E-state index contributed by atoms with van der Waals surface area (Å²) >= 11 is 0. The van der Waals surface area contributed by atoms with Crippen LogP contribution in [0.25, 0.3) is 5.70 Å². The van der Waals surface area contributed by atoms with Crippen molar-refractivity contribution in [3.8, 4) is 11.5 Å². The van der Waals surface area contributed by atoms with Gasteiger partial charge in [0.2, 0.25) is 0 Å². The van der Waals surface area contributed by atoms with E-state index in [-0.39, 0.29) is 0 Å². The lowest BCUT2D eigenvalue weighted by molar-refractivity contribution is 0.170. The van der Waals surface area contributed by atoms with Crippen LogP contribution in [0.5, 0.6) is 11.5 Å². The SMILES string of the molecule is C=C1C=C2c3cc(OC)c(OCCCOC)cc3C3CCCC3N2C=C1C(=C)OCC.CC. The van der Waals surface area contributed by atoms with Gasteiger partial charge in [0.25, 0.3) is 0 Å². The number of fused-ring (bicyclic) bond motifs is 6. The third-order valence-electron chi connectivity index (χ3n) is 6.42. The van der Waals surface area contributed by atoms with E-state index in [1.807, 2.05) is 20.8 Å². The van der Waals surface area contributed by atoms with Crippen LogP contribution in [0.2, 0.25) is 0 Å². The topological polar surface area (TPSA) is 40.2 Å². The van der Waals surface area contributed by atoms with Crippen molar-refractivity contribution in [2.75, 3.05) is 34.0 Å². The molecule has 180 valence electrons. The summed E-state index contributed by atoms with van der Waals surface area (Å²) in [6.07, 6.45) is 8.74. The molecule has 5 heteroatoms. The van der Waals surface area contributed by atoms with Gasteiger partial charge >= 0.3 is 0 Å². The average Bonchev–Trinajstić information content (AvgIpc) is 3.33. The Bertz CT molecular complexity index is 930. The Morgan fingerprint density at radius 1 is 1.12 bits per heavy atom. The number of hydrogen-bond acceptors (Lipinski definition) is 5. The lowest BCUT2D eigenvalue weighted by Crippen LogP contribution is -2.38. The van der Waals surface area contributed by atoms with Crippen molar-refractivity contribution in [3.63, 3.8) is 0 Å². The zero-order chi connectivity index (χ0) is 24.0. The highest BCUT2D eigenvalue weighted by atomic mass is 16.5. The van der Waals surface area contributed by atoms with Crippen molar-refractivity contribution < 1.29 is 18.9 Å². The molecule has 0 spiro atoms. The fourth-order valence-electron chi connectivity index (χ4n) is 5.00. The second kappa shape index (κ2) is 11.5. The molecule has 0 bridgehead atoms. The van der Waals surface area contributed by atoms with Crippen molar-refractivity contribution in [2.45, 2.75) is 58.4 Å². The molecule has 5 nitrogen and oxygen atoms in total. The molecular formula is C28H39NO4. The van der Waals surface area contributed by atoms with Gasteiger partial charge in [-0.05, 0) is 49.1 Å². The molecule has 4 rings (SSSR count). The van der Waals surface area contributed by atoms with Gasteiger partial charge in [-0.3, -0.25) is 0 Å². The fourth-order valence-corrected chi connectivity index (χ4v) is 5.00. The molecule has 0 radical (unpaired) electrons. The molecule has 1 aromatic rings. The van der Waals surface area contributed by atoms with Crippen LogP contribution in [-0.4, -0.2) is 45.0 Å². The summed E-state index contributed by atoms with van der Waals surface area (Å²) in [6.45, 7) is 16.3. The molecule has 1 aliphatic carbocycles. The maximum atomic E-state index is 6.08. The van der Waals surface area contributed by atoms with Crippen molar-refractivity contribution in [2.24, 2.45) is 0 Å². The van der Waals surface area contributed by atoms with E-state index in [4.69, 9.17) is 18.9 Å². The Balaban J connectivity index is 0.00000149. The van der Waals surface area contributed by atoms with E-state index in [9.17, 15) is 0 Å². The van der Waals surface area contributed by atoms with E-state index in [1.54, 1.807) is 14.2 Å². The Kier molecular flexibility index (Phi) is 8.67.